The van der Waals surface area contributed by atoms with E-state index < -0.39 is 6.17 Å². The summed E-state index contributed by atoms with van der Waals surface area (Å²) in [5.74, 6) is 1.19. The summed E-state index contributed by atoms with van der Waals surface area (Å²) in [7, 11) is 0. The van der Waals surface area contributed by atoms with Gasteiger partial charge in [0.2, 0.25) is 0 Å². The average Bonchev–Trinajstić information content (AvgIpc) is 3.05. The number of alkyl halides is 1. The molecule has 2 aliphatic rings. The van der Waals surface area contributed by atoms with Gasteiger partial charge in [0.25, 0.3) is 5.91 Å². The molecule has 5 nitrogen and oxygen atoms in total. The number of nitrogens with zero attached hydrogens (tertiary/aromatic N) is 3. The van der Waals surface area contributed by atoms with Crippen molar-refractivity contribution in [1.82, 2.24) is 14.7 Å². The second kappa shape index (κ2) is 7.66. The second-order valence-corrected chi connectivity index (χ2v) is 7.14. The van der Waals surface area contributed by atoms with E-state index in [9.17, 15) is 9.18 Å². The van der Waals surface area contributed by atoms with E-state index in [1.54, 1.807) is 6.07 Å². The minimum absolute atomic E-state index is 0.0212. The van der Waals surface area contributed by atoms with Gasteiger partial charge in [0.05, 0.1) is 6.54 Å². The van der Waals surface area contributed by atoms with Crippen molar-refractivity contribution in [3.8, 4) is 0 Å². The first kappa shape index (κ1) is 17.4. The molecular formula is C18H28FN3O2. The molecule has 2 aliphatic heterocycles. The van der Waals surface area contributed by atoms with E-state index in [2.05, 4.69) is 23.6 Å². The first-order valence-corrected chi connectivity index (χ1v) is 9.01. The van der Waals surface area contributed by atoms with E-state index in [0.29, 0.717) is 31.2 Å². The van der Waals surface area contributed by atoms with E-state index in [0.717, 1.165) is 45.0 Å². The number of furan rings is 1. The van der Waals surface area contributed by atoms with Crippen LogP contribution in [0.1, 0.15) is 43.0 Å². The summed E-state index contributed by atoms with van der Waals surface area (Å²) in [6.45, 7) is 9.84. The Morgan fingerprint density at radius 1 is 1.17 bits per heavy atom. The van der Waals surface area contributed by atoms with Gasteiger partial charge in [-0.15, -0.1) is 0 Å². The predicted molar refractivity (Wildman–Crippen MR) is 90.7 cm³/mol. The fraction of sp³-hybridized carbons (Fsp3) is 0.722. The first-order chi connectivity index (χ1) is 11.5. The Labute approximate surface area is 143 Å². The maximum absolute atomic E-state index is 13.2. The highest BCUT2D eigenvalue weighted by molar-refractivity contribution is 5.91. The summed E-state index contributed by atoms with van der Waals surface area (Å²) in [5, 5.41) is 0. The van der Waals surface area contributed by atoms with Crippen molar-refractivity contribution in [2.75, 3.05) is 39.3 Å². The van der Waals surface area contributed by atoms with Crippen LogP contribution in [0.3, 0.4) is 0 Å². The quantitative estimate of drug-likeness (QED) is 0.846. The second-order valence-electron chi connectivity index (χ2n) is 7.14. The number of halogens is 1. The van der Waals surface area contributed by atoms with Gasteiger partial charge >= 0.3 is 0 Å². The lowest BCUT2D eigenvalue weighted by atomic mass is 10.1. The summed E-state index contributed by atoms with van der Waals surface area (Å²) in [4.78, 5) is 19.0. The van der Waals surface area contributed by atoms with E-state index >= 15 is 0 Å². The van der Waals surface area contributed by atoms with Crippen LogP contribution in [0.2, 0.25) is 0 Å². The van der Waals surface area contributed by atoms with Gasteiger partial charge in [0.15, 0.2) is 5.76 Å². The predicted octanol–water partition coefficient (Wildman–Crippen LogP) is 2.38. The number of carbonyl (C=O) groups excluding carboxylic acids is 1. The van der Waals surface area contributed by atoms with Crippen LogP contribution in [-0.2, 0) is 6.54 Å². The molecule has 24 heavy (non-hydrogen) atoms. The highest BCUT2D eigenvalue weighted by Gasteiger charge is 2.26. The zero-order valence-corrected chi connectivity index (χ0v) is 14.7. The molecule has 0 radical (unpaired) electrons. The van der Waals surface area contributed by atoms with Gasteiger partial charge in [-0.1, -0.05) is 0 Å². The Morgan fingerprint density at radius 3 is 2.46 bits per heavy atom. The van der Waals surface area contributed by atoms with E-state index in [-0.39, 0.29) is 5.91 Å². The van der Waals surface area contributed by atoms with Crippen molar-refractivity contribution in [3.63, 3.8) is 0 Å². The molecule has 2 fully saturated rings. The van der Waals surface area contributed by atoms with Gasteiger partial charge in [0, 0.05) is 45.3 Å². The third-order valence-corrected chi connectivity index (χ3v) is 5.10. The van der Waals surface area contributed by atoms with Crippen molar-refractivity contribution in [2.24, 2.45) is 0 Å². The van der Waals surface area contributed by atoms with Crippen LogP contribution in [0.4, 0.5) is 4.39 Å². The molecule has 0 aromatic carbocycles. The SMILES string of the molecule is CC(C)N1CCN(C(=O)c2ccc(CN3CCC(F)CC3)o2)CC1. The zero-order valence-electron chi connectivity index (χ0n) is 14.7. The third-order valence-electron chi connectivity index (χ3n) is 5.10. The summed E-state index contributed by atoms with van der Waals surface area (Å²) in [5.41, 5.74) is 0. The van der Waals surface area contributed by atoms with E-state index in [1.807, 2.05) is 11.0 Å². The molecule has 0 unspecified atom stereocenters. The molecule has 6 heteroatoms. The molecule has 0 bridgehead atoms. The van der Waals surface area contributed by atoms with Crippen molar-refractivity contribution in [1.29, 1.82) is 0 Å². The van der Waals surface area contributed by atoms with Crippen molar-refractivity contribution in [2.45, 2.75) is 45.4 Å². The number of carbonyl (C=O) groups is 1. The van der Waals surface area contributed by atoms with Crippen LogP contribution >= 0.6 is 0 Å². The number of hydrogen-bond donors (Lipinski definition) is 0. The standard InChI is InChI=1S/C18H28FN3O2/c1-14(2)21-9-11-22(12-10-21)18(23)17-4-3-16(24-17)13-20-7-5-15(19)6-8-20/h3-4,14-15H,5-13H2,1-2H3. The van der Waals surface area contributed by atoms with E-state index in [4.69, 9.17) is 4.42 Å². The van der Waals surface area contributed by atoms with Crippen molar-refractivity contribution < 1.29 is 13.6 Å². The lowest BCUT2D eigenvalue weighted by Gasteiger charge is -2.36. The molecule has 1 aromatic rings. The van der Waals surface area contributed by atoms with Crippen molar-refractivity contribution >= 4 is 5.91 Å². The Bertz CT molecular complexity index is 544. The van der Waals surface area contributed by atoms with Gasteiger partial charge in [-0.05, 0) is 38.8 Å². The summed E-state index contributed by atoms with van der Waals surface area (Å²) >= 11 is 0. The Balaban J connectivity index is 1.52. The van der Waals surface area contributed by atoms with Gasteiger partial charge in [0.1, 0.15) is 11.9 Å². The van der Waals surface area contributed by atoms with Gasteiger partial charge < -0.3 is 9.32 Å². The van der Waals surface area contributed by atoms with Gasteiger partial charge in [-0.2, -0.15) is 0 Å². The van der Waals surface area contributed by atoms with Crippen LogP contribution in [0.15, 0.2) is 16.5 Å². The average molecular weight is 337 g/mol. The largest absolute Gasteiger partial charge is 0.455 e. The minimum Gasteiger partial charge on any atom is -0.455 e. The molecule has 1 aromatic heterocycles. The molecule has 0 spiro atoms. The maximum atomic E-state index is 13.2. The topological polar surface area (TPSA) is 39.9 Å². The summed E-state index contributed by atoms with van der Waals surface area (Å²) in [6, 6.07) is 4.17. The summed E-state index contributed by atoms with van der Waals surface area (Å²) < 4.78 is 18.9. The fourth-order valence-electron chi connectivity index (χ4n) is 3.46. The van der Waals surface area contributed by atoms with Gasteiger partial charge in [-0.3, -0.25) is 14.6 Å². The van der Waals surface area contributed by atoms with Crippen molar-refractivity contribution in [3.05, 3.63) is 23.7 Å². The number of rotatable bonds is 4. The smallest absolute Gasteiger partial charge is 0.289 e. The van der Waals surface area contributed by atoms with Crippen LogP contribution in [0.25, 0.3) is 0 Å². The molecule has 0 N–H and O–H groups in total. The van der Waals surface area contributed by atoms with Crippen LogP contribution in [-0.4, -0.2) is 72.1 Å². The first-order valence-electron chi connectivity index (χ1n) is 9.01. The molecule has 2 saturated heterocycles. The minimum atomic E-state index is -0.667. The van der Waals surface area contributed by atoms with Gasteiger partial charge in [-0.25, -0.2) is 4.39 Å². The molecule has 1 amide bonds. The Kier molecular flexibility index (Phi) is 5.56. The van der Waals surface area contributed by atoms with Crippen LogP contribution < -0.4 is 0 Å². The highest BCUT2D eigenvalue weighted by atomic mass is 19.1. The Morgan fingerprint density at radius 2 is 1.83 bits per heavy atom. The molecule has 3 heterocycles. The number of likely N-dealkylation sites (tertiary alicyclic amines) is 1. The number of piperidine rings is 1. The molecule has 3 rings (SSSR count). The Hall–Kier alpha value is -1.40. The lowest BCUT2D eigenvalue weighted by Crippen LogP contribution is -2.50. The molecule has 134 valence electrons. The fourth-order valence-corrected chi connectivity index (χ4v) is 3.46. The highest BCUT2D eigenvalue weighted by Crippen LogP contribution is 2.18. The zero-order chi connectivity index (χ0) is 17.1. The number of amides is 1. The molecule has 0 saturated carbocycles. The molecule has 0 atom stereocenters. The lowest BCUT2D eigenvalue weighted by molar-refractivity contribution is 0.0562. The normalized spacial score (nSPS) is 21.6. The maximum Gasteiger partial charge on any atom is 0.289 e. The third kappa shape index (κ3) is 4.16. The van der Waals surface area contributed by atoms with Crippen LogP contribution in [0, 0.1) is 0 Å². The molecule has 0 aliphatic carbocycles. The monoisotopic (exact) mass is 337 g/mol. The summed E-state index contributed by atoms with van der Waals surface area (Å²) in [6.07, 6.45) is 0.513. The van der Waals surface area contributed by atoms with E-state index in [1.165, 1.54) is 0 Å². The number of hydrogen-bond acceptors (Lipinski definition) is 4. The van der Waals surface area contributed by atoms with Crippen LogP contribution in [0.5, 0.6) is 0 Å². The number of piperazine rings is 1. The molecular weight excluding hydrogens is 309 g/mol.